The summed E-state index contributed by atoms with van der Waals surface area (Å²) in [4.78, 5) is 9.33. The molecular weight excluding hydrogens is 479 g/mol. The van der Waals surface area contributed by atoms with Gasteiger partial charge in [0.15, 0.2) is 5.96 Å². The third-order valence-electron chi connectivity index (χ3n) is 5.83. The first-order valence-corrected chi connectivity index (χ1v) is 10.6. The topological polar surface area (TPSA) is 49.3 Å². The maximum atomic E-state index is 5.78. The second kappa shape index (κ2) is 12.6. The van der Waals surface area contributed by atoms with Crippen LogP contribution in [0.2, 0.25) is 0 Å². The smallest absolute Gasteiger partial charge is 0.193 e. The van der Waals surface area contributed by atoms with E-state index in [9.17, 15) is 0 Å². The van der Waals surface area contributed by atoms with Gasteiger partial charge < -0.3 is 24.6 Å². The standard InChI is InChI=1S/C22H36N4O2.HI/c1-18-6-4-7-21(19(18)2)25-10-12-26(13-11-25)22(23-3)24-9-5-14-27-16-20-8-15-28-17-20;/h4,6-7,20H,5,8-17H2,1-3H3,(H,23,24);1H. The van der Waals surface area contributed by atoms with Crippen LogP contribution in [0.5, 0.6) is 0 Å². The molecule has 0 amide bonds. The fraction of sp³-hybridized carbons (Fsp3) is 0.682. The maximum Gasteiger partial charge on any atom is 0.193 e. The second-order valence-electron chi connectivity index (χ2n) is 7.83. The van der Waals surface area contributed by atoms with E-state index in [0.29, 0.717) is 5.92 Å². The minimum atomic E-state index is 0. The molecule has 0 spiro atoms. The van der Waals surface area contributed by atoms with Gasteiger partial charge in [-0.3, -0.25) is 4.99 Å². The largest absolute Gasteiger partial charge is 0.381 e. The highest BCUT2D eigenvalue weighted by Gasteiger charge is 2.21. The third kappa shape index (κ3) is 7.00. The van der Waals surface area contributed by atoms with Gasteiger partial charge in [-0.05, 0) is 43.9 Å². The summed E-state index contributed by atoms with van der Waals surface area (Å²) < 4.78 is 11.2. The van der Waals surface area contributed by atoms with Gasteiger partial charge in [-0.1, -0.05) is 12.1 Å². The molecule has 6 nitrogen and oxygen atoms in total. The molecule has 0 aromatic heterocycles. The van der Waals surface area contributed by atoms with Gasteiger partial charge in [0.1, 0.15) is 0 Å². The molecule has 2 aliphatic heterocycles. The molecule has 7 heteroatoms. The lowest BCUT2D eigenvalue weighted by Crippen LogP contribution is -2.52. The molecule has 3 rings (SSSR count). The van der Waals surface area contributed by atoms with E-state index in [1.807, 2.05) is 7.05 Å². The fourth-order valence-corrected chi connectivity index (χ4v) is 3.91. The molecule has 1 unspecified atom stereocenters. The Morgan fingerprint density at radius 3 is 2.72 bits per heavy atom. The zero-order valence-corrected chi connectivity index (χ0v) is 20.5. The summed E-state index contributed by atoms with van der Waals surface area (Å²) in [6.45, 7) is 12.7. The van der Waals surface area contributed by atoms with Crippen LogP contribution in [-0.2, 0) is 9.47 Å². The van der Waals surface area contributed by atoms with Crippen molar-refractivity contribution in [3.8, 4) is 0 Å². The van der Waals surface area contributed by atoms with Gasteiger partial charge in [-0.25, -0.2) is 0 Å². The third-order valence-corrected chi connectivity index (χ3v) is 5.83. The predicted octanol–water partition coefficient (Wildman–Crippen LogP) is 3.06. The number of nitrogens with zero attached hydrogens (tertiary/aromatic N) is 3. The van der Waals surface area contributed by atoms with Crippen LogP contribution in [0.25, 0.3) is 0 Å². The number of anilines is 1. The van der Waals surface area contributed by atoms with Gasteiger partial charge in [-0.2, -0.15) is 0 Å². The maximum absolute atomic E-state index is 5.78. The molecule has 0 radical (unpaired) electrons. The molecule has 2 fully saturated rings. The molecule has 29 heavy (non-hydrogen) atoms. The van der Waals surface area contributed by atoms with Crippen LogP contribution in [0.15, 0.2) is 23.2 Å². The predicted molar refractivity (Wildman–Crippen MR) is 131 cm³/mol. The van der Waals surface area contributed by atoms with Crippen molar-refractivity contribution in [3.05, 3.63) is 29.3 Å². The summed E-state index contributed by atoms with van der Waals surface area (Å²) in [5, 5.41) is 3.50. The van der Waals surface area contributed by atoms with Crippen molar-refractivity contribution in [3.63, 3.8) is 0 Å². The number of nitrogens with one attached hydrogen (secondary N) is 1. The Labute approximate surface area is 193 Å². The first kappa shape index (κ1) is 24.2. The lowest BCUT2D eigenvalue weighted by atomic mass is 10.1. The van der Waals surface area contributed by atoms with Crippen molar-refractivity contribution in [2.75, 3.05) is 71.1 Å². The van der Waals surface area contributed by atoms with E-state index in [0.717, 1.165) is 78.0 Å². The number of ether oxygens (including phenoxy) is 2. The second-order valence-corrected chi connectivity index (χ2v) is 7.83. The first-order valence-electron chi connectivity index (χ1n) is 10.6. The van der Waals surface area contributed by atoms with E-state index in [2.05, 4.69) is 52.2 Å². The number of aryl methyl sites for hydroxylation is 1. The lowest BCUT2D eigenvalue weighted by molar-refractivity contribution is 0.0887. The number of benzene rings is 1. The van der Waals surface area contributed by atoms with Gasteiger partial charge in [-0.15, -0.1) is 24.0 Å². The molecular formula is C22H37IN4O2. The molecule has 164 valence electrons. The van der Waals surface area contributed by atoms with E-state index in [1.54, 1.807) is 0 Å². The first-order chi connectivity index (χ1) is 13.7. The van der Waals surface area contributed by atoms with Crippen LogP contribution >= 0.6 is 24.0 Å². The monoisotopic (exact) mass is 516 g/mol. The van der Waals surface area contributed by atoms with Gasteiger partial charge in [0, 0.05) is 64.6 Å². The van der Waals surface area contributed by atoms with Crippen molar-refractivity contribution in [2.45, 2.75) is 26.7 Å². The highest BCUT2D eigenvalue weighted by Crippen LogP contribution is 2.23. The molecule has 2 heterocycles. The van der Waals surface area contributed by atoms with E-state index in [-0.39, 0.29) is 24.0 Å². The molecule has 1 atom stereocenters. The Hall–Kier alpha value is -1.06. The Morgan fingerprint density at radius 2 is 2.03 bits per heavy atom. The van der Waals surface area contributed by atoms with Crippen LogP contribution in [0.3, 0.4) is 0 Å². The number of piperazine rings is 1. The Balaban J connectivity index is 0.00000300. The van der Waals surface area contributed by atoms with E-state index in [1.165, 1.54) is 16.8 Å². The van der Waals surface area contributed by atoms with Crippen molar-refractivity contribution in [2.24, 2.45) is 10.9 Å². The Bertz CT molecular complexity index is 642. The molecule has 0 aliphatic carbocycles. The number of aliphatic imine (C=N–C) groups is 1. The lowest BCUT2D eigenvalue weighted by Gasteiger charge is -2.38. The van der Waals surface area contributed by atoms with E-state index < -0.39 is 0 Å². The number of guanidine groups is 1. The van der Waals surface area contributed by atoms with Crippen LogP contribution < -0.4 is 10.2 Å². The summed E-state index contributed by atoms with van der Waals surface area (Å²) in [5.41, 5.74) is 4.12. The minimum Gasteiger partial charge on any atom is -0.381 e. The van der Waals surface area contributed by atoms with Crippen molar-refractivity contribution >= 4 is 35.6 Å². The van der Waals surface area contributed by atoms with Crippen molar-refractivity contribution in [1.82, 2.24) is 10.2 Å². The van der Waals surface area contributed by atoms with Gasteiger partial charge in [0.25, 0.3) is 0 Å². The summed E-state index contributed by atoms with van der Waals surface area (Å²) in [6, 6.07) is 6.58. The normalized spacial score (nSPS) is 20.0. The van der Waals surface area contributed by atoms with Crippen molar-refractivity contribution in [1.29, 1.82) is 0 Å². The summed E-state index contributed by atoms with van der Waals surface area (Å²) in [7, 11) is 1.87. The number of hydrogen-bond donors (Lipinski definition) is 1. The van der Waals surface area contributed by atoms with Gasteiger partial charge >= 0.3 is 0 Å². The van der Waals surface area contributed by atoms with E-state index in [4.69, 9.17) is 9.47 Å². The molecule has 2 saturated heterocycles. The Kier molecular flexibility index (Phi) is 10.5. The molecule has 0 saturated carbocycles. The molecule has 2 aliphatic rings. The number of halogens is 1. The zero-order valence-electron chi connectivity index (χ0n) is 18.2. The SMILES string of the molecule is CN=C(NCCCOCC1CCOC1)N1CCN(c2cccc(C)c2C)CC1.I. The van der Waals surface area contributed by atoms with Gasteiger partial charge in [0.05, 0.1) is 13.2 Å². The van der Waals surface area contributed by atoms with Crippen LogP contribution in [0.4, 0.5) is 5.69 Å². The fourth-order valence-electron chi connectivity index (χ4n) is 3.91. The number of rotatable bonds is 7. The Morgan fingerprint density at radius 1 is 1.24 bits per heavy atom. The summed E-state index contributed by atoms with van der Waals surface area (Å²) in [5.74, 6) is 1.60. The molecule has 0 bridgehead atoms. The molecule has 1 N–H and O–H groups in total. The molecule has 1 aromatic carbocycles. The van der Waals surface area contributed by atoms with Crippen molar-refractivity contribution < 1.29 is 9.47 Å². The minimum absolute atomic E-state index is 0. The summed E-state index contributed by atoms with van der Waals surface area (Å²) >= 11 is 0. The molecule has 1 aromatic rings. The van der Waals surface area contributed by atoms with Crippen LogP contribution in [0, 0.1) is 19.8 Å². The number of hydrogen-bond acceptors (Lipinski definition) is 4. The quantitative estimate of drug-likeness (QED) is 0.261. The van der Waals surface area contributed by atoms with E-state index >= 15 is 0 Å². The summed E-state index contributed by atoms with van der Waals surface area (Å²) in [6.07, 6.45) is 2.13. The average Bonchev–Trinajstić information content (AvgIpc) is 3.23. The highest BCUT2D eigenvalue weighted by molar-refractivity contribution is 14.0. The zero-order chi connectivity index (χ0) is 19.8. The van der Waals surface area contributed by atoms with Crippen LogP contribution in [-0.4, -0.2) is 77.1 Å². The average molecular weight is 516 g/mol. The van der Waals surface area contributed by atoms with Gasteiger partial charge in [0.2, 0.25) is 0 Å². The highest BCUT2D eigenvalue weighted by atomic mass is 127. The van der Waals surface area contributed by atoms with Crippen LogP contribution in [0.1, 0.15) is 24.0 Å².